The van der Waals surface area contributed by atoms with E-state index in [0.717, 1.165) is 28.3 Å². The van der Waals surface area contributed by atoms with Crippen molar-refractivity contribution < 1.29 is 4.74 Å². The first-order valence-corrected chi connectivity index (χ1v) is 7.89. The number of rotatable bonds is 6. The molecule has 0 unspecified atom stereocenters. The molecule has 2 rings (SSSR count). The number of anilines is 1. The third-order valence-electron chi connectivity index (χ3n) is 2.93. The number of aromatic nitrogens is 2. The van der Waals surface area contributed by atoms with E-state index in [2.05, 4.69) is 45.1 Å². The quantitative estimate of drug-likeness (QED) is 0.840. The summed E-state index contributed by atoms with van der Waals surface area (Å²) < 4.78 is 6.66. The van der Waals surface area contributed by atoms with Crippen LogP contribution in [0.4, 0.5) is 5.82 Å². The normalized spacial score (nSPS) is 10.7. The van der Waals surface area contributed by atoms with Crippen LogP contribution in [0.25, 0.3) is 0 Å². The smallest absolute Gasteiger partial charge is 0.168 e. The zero-order valence-corrected chi connectivity index (χ0v) is 14.1. The summed E-state index contributed by atoms with van der Waals surface area (Å²) >= 11 is 3.58. The van der Waals surface area contributed by atoms with Crippen molar-refractivity contribution in [2.75, 3.05) is 11.9 Å². The summed E-state index contributed by atoms with van der Waals surface area (Å²) in [5.74, 6) is 2.64. The van der Waals surface area contributed by atoms with E-state index in [9.17, 15) is 0 Å². The lowest BCUT2D eigenvalue weighted by Crippen LogP contribution is -2.10. The lowest BCUT2D eigenvalue weighted by atomic mass is 10.1. The van der Waals surface area contributed by atoms with Crippen LogP contribution in [0.2, 0.25) is 0 Å². The van der Waals surface area contributed by atoms with Crippen molar-refractivity contribution in [2.24, 2.45) is 0 Å². The summed E-state index contributed by atoms with van der Waals surface area (Å²) in [7, 11) is 0. The molecular formula is C16H20BrN3O. The van der Waals surface area contributed by atoms with Gasteiger partial charge in [-0.25, -0.2) is 9.97 Å². The minimum Gasteiger partial charge on any atom is -0.486 e. The molecule has 1 N–H and O–H groups in total. The highest BCUT2D eigenvalue weighted by Gasteiger charge is 2.14. The third-order valence-corrected chi connectivity index (χ3v) is 3.71. The summed E-state index contributed by atoms with van der Waals surface area (Å²) in [5.41, 5.74) is 0.993. The van der Waals surface area contributed by atoms with Crippen molar-refractivity contribution in [2.45, 2.75) is 33.3 Å². The maximum Gasteiger partial charge on any atom is 0.168 e. The van der Waals surface area contributed by atoms with Crippen LogP contribution >= 0.6 is 15.9 Å². The van der Waals surface area contributed by atoms with Gasteiger partial charge in [-0.2, -0.15) is 0 Å². The molecule has 0 radical (unpaired) electrons. The number of nitrogens with zero attached hydrogens (tertiary/aromatic N) is 2. The molecule has 0 amide bonds. The molecule has 0 aliphatic rings. The van der Waals surface area contributed by atoms with Gasteiger partial charge in [0.15, 0.2) is 5.82 Å². The highest BCUT2D eigenvalue weighted by Crippen LogP contribution is 2.29. The Bertz CT molecular complexity index is 588. The van der Waals surface area contributed by atoms with Crippen molar-refractivity contribution in [1.82, 2.24) is 9.97 Å². The zero-order valence-electron chi connectivity index (χ0n) is 12.6. The summed E-state index contributed by atoms with van der Waals surface area (Å²) in [4.78, 5) is 9.13. The largest absolute Gasteiger partial charge is 0.486 e. The van der Waals surface area contributed by atoms with E-state index in [1.165, 1.54) is 0 Å². The van der Waals surface area contributed by atoms with Gasteiger partial charge >= 0.3 is 0 Å². The molecule has 0 saturated heterocycles. The molecule has 0 fully saturated rings. The molecule has 1 aromatic heterocycles. The molecule has 1 aromatic carbocycles. The minimum absolute atomic E-state index is 0.315. The first kappa shape index (κ1) is 15.8. The molecule has 0 saturated carbocycles. The van der Waals surface area contributed by atoms with E-state index in [4.69, 9.17) is 4.74 Å². The minimum atomic E-state index is 0.315. The van der Waals surface area contributed by atoms with Crippen molar-refractivity contribution in [3.8, 4) is 5.75 Å². The van der Waals surface area contributed by atoms with E-state index in [1.54, 1.807) is 0 Å². The van der Waals surface area contributed by atoms with Gasteiger partial charge in [-0.05, 0) is 40.9 Å². The molecule has 0 spiro atoms. The van der Waals surface area contributed by atoms with E-state index in [0.29, 0.717) is 18.3 Å². The van der Waals surface area contributed by atoms with Gasteiger partial charge in [0.25, 0.3) is 0 Å². The second-order valence-corrected chi connectivity index (χ2v) is 5.77. The number of hydrogen-bond donors (Lipinski definition) is 1. The highest BCUT2D eigenvalue weighted by atomic mass is 79.9. The Labute approximate surface area is 134 Å². The molecule has 4 nitrogen and oxygen atoms in total. The van der Waals surface area contributed by atoms with Gasteiger partial charge in [0.05, 0.1) is 10.2 Å². The average Bonchev–Trinajstić information content (AvgIpc) is 2.49. The molecular weight excluding hydrogens is 330 g/mol. The standard InChI is InChI=1S/C16H20BrN3O/c1-4-18-16-14(17)15(11(2)3)19-13(20-16)10-21-12-8-6-5-7-9-12/h5-9,11H,4,10H2,1-3H3,(H,18,19,20). The Morgan fingerprint density at radius 2 is 1.90 bits per heavy atom. The number of halogens is 1. The topological polar surface area (TPSA) is 47.0 Å². The third kappa shape index (κ3) is 4.17. The number of para-hydroxylation sites is 1. The van der Waals surface area contributed by atoms with Crippen molar-refractivity contribution in [3.63, 3.8) is 0 Å². The van der Waals surface area contributed by atoms with E-state index >= 15 is 0 Å². The van der Waals surface area contributed by atoms with Crippen LogP contribution in [0.5, 0.6) is 5.75 Å². The van der Waals surface area contributed by atoms with Crippen LogP contribution in [0, 0.1) is 0 Å². The number of benzene rings is 1. The lowest BCUT2D eigenvalue weighted by Gasteiger charge is -2.14. The average molecular weight is 350 g/mol. The molecule has 2 aromatic rings. The monoisotopic (exact) mass is 349 g/mol. The van der Waals surface area contributed by atoms with Crippen molar-refractivity contribution >= 4 is 21.7 Å². The molecule has 0 aliphatic carbocycles. The van der Waals surface area contributed by atoms with E-state index in [1.807, 2.05) is 37.3 Å². The molecule has 112 valence electrons. The maximum absolute atomic E-state index is 5.73. The van der Waals surface area contributed by atoms with Crippen LogP contribution in [0.3, 0.4) is 0 Å². The number of hydrogen-bond acceptors (Lipinski definition) is 4. The summed E-state index contributed by atoms with van der Waals surface area (Å²) in [6.07, 6.45) is 0. The Hall–Kier alpha value is -1.62. The van der Waals surface area contributed by atoms with E-state index < -0.39 is 0 Å². The fourth-order valence-electron chi connectivity index (χ4n) is 1.91. The first-order valence-electron chi connectivity index (χ1n) is 7.09. The zero-order chi connectivity index (χ0) is 15.2. The Morgan fingerprint density at radius 1 is 1.19 bits per heavy atom. The van der Waals surface area contributed by atoms with Gasteiger partial charge in [-0.3, -0.25) is 0 Å². The summed E-state index contributed by atoms with van der Waals surface area (Å²) in [6, 6.07) is 9.70. The lowest BCUT2D eigenvalue weighted by molar-refractivity contribution is 0.295. The number of nitrogens with one attached hydrogen (secondary N) is 1. The van der Waals surface area contributed by atoms with Gasteiger partial charge in [-0.15, -0.1) is 0 Å². The molecule has 0 atom stereocenters. The van der Waals surface area contributed by atoms with Crippen molar-refractivity contribution in [3.05, 3.63) is 46.3 Å². The summed E-state index contributed by atoms with van der Waals surface area (Å²) in [6.45, 7) is 7.45. The fraction of sp³-hybridized carbons (Fsp3) is 0.375. The molecule has 5 heteroatoms. The highest BCUT2D eigenvalue weighted by molar-refractivity contribution is 9.10. The molecule has 0 bridgehead atoms. The van der Waals surface area contributed by atoms with E-state index in [-0.39, 0.29) is 0 Å². The van der Waals surface area contributed by atoms with Gasteiger partial charge in [0, 0.05) is 6.54 Å². The molecule has 0 aliphatic heterocycles. The fourth-order valence-corrected chi connectivity index (χ4v) is 2.68. The van der Waals surface area contributed by atoms with Crippen LogP contribution in [-0.4, -0.2) is 16.5 Å². The van der Waals surface area contributed by atoms with Crippen molar-refractivity contribution in [1.29, 1.82) is 0 Å². The van der Waals surface area contributed by atoms with Crippen LogP contribution in [0.15, 0.2) is 34.8 Å². The second-order valence-electron chi connectivity index (χ2n) is 4.97. The number of ether oxygens (including phenoxy) is 1. The van der Waals surface area contributed by atoms with Crippen LogP contribution in [-0.2, 0) is 6.61 Å². The van der Waals surface area contributed by atoms with Crippen LogP contribution < -0.4 is 10.1 Å². The van der Waals surface area contributed by atoms with Gasteiger partial charge in [0.1, 0.15) is 18.2 Å². The Kier molecular flexibility index (Phi) is 5.56. The second kappa shape index (κ2) is 7.41. The molecule has 1 heterocycles. The van der Waals surface area contributed by atoms with Gasteiger partial charge in [-0.1, -0.05) is 32.0 Å². The maximum atomic E-state index is 5.73. The van der Waals surface area contributed by atoms with Crippen LogP contribution in [0.1, 0.15) is 38.2 Å². The Morgan fingerprint density at radius 3 is 2.52 bits per heavy atom. The first-order chi connectivity index (χ1) is 10.1. The predicted molar refractivity (Wildman–Crippen MR) is 88.8 cm³/mol. The Balaban J connectivity index is 2.22. The van der Waals surface area contributed by atoms with Gasteiger partial charge < -0.3 is 10.1 Å². The van der Waals surface area contributed by atoms with Gasteiger partial charge in [0.2, 0.25) is 0 Å². The predicted octanol–water partition coefficient (Wildman–Crippen LogP) is 4.37. The molecule has 21 heavy (non-hydrogen) atoms. The SMILES string of the molecule is CCNc1nc(COc2ccccc2)nc(C(C)C)c1Br. The summed E-state index contributed by atoms with van der Waals surface area (Å²) in [5, 5.41) is 3.26.